The molecule has 2 rings (SSSR count). The van der Waals surface area contributed by atoms with E-state index >= 15 is 0 Å². The first-order valence-corrected chi connectivity index (χ1v) is 6.37. The molecule has 0 radical (unpaired) electrons. The van der Waals surface area contributed by atoms with Crippen LogP contribution in [0.2, 0.25) is 0 Å². The van der Waals surface area contributed by atoms with Crippen LogP contribution >= 0.6 is 11.6 Å². The highest BCUT2D eigenvalue weighted by molar-refractivity contribution is 6.17. The molecule has 0 aliphatic heterocycles. The van der Waals surface area contributed by atoms with Crippen molar-refractivity contribution in [2.45, 2.75) is 13.3 Å². The Morgan fingerprint density at radius 1 is 1.56 bits per heavy atom. The number of aromatic nitrogens is 3. The van der Waals surface area contributed by atoms with E-state index in [2.05, 4.69) is 22.3 Å². The number of amides is 1. The van der Waals surface area contributed by atoms with E-state index in [1.807, 2.05) is 0 Å². The Bertz CT molecular complexity index is 540. The quantitative estimate of drug-likeness (QED) is 0.839. The maximum atomic E-state index is 12.0. The van der Waals surface area contributed by atoms with Crippen molar-refractivity contribution in [3.05, 3.63) is 30.4 Å². The van der Waals surface area contributed by atoms with Crippen molar-refractivity contribution >= 4 is 23.0 Å². The maximum absolute atomic E-state index is 12.0. The van der Waals surface area contributed by atoms with Gasteiger partial charge in [0.25, 0.3) is 5.91 Å². The van der Waals surface area contributed by atoms with Gasteiger partial charge in [-0.3, -0.25) is 9.78 Å². The van der Waals surface area contributed by atoms with Gasteiger partial charge in [0.1, 0.15) is 0 Å². The summed E-state index contributed by atoms with van der Waals surface area (Å²) < 4.78 is 1.63. The molecule has 1 unspecified atom stereocenters. The van der Waals surface area contributed by atoms with E-state index in [4.69, 9.17) is 11.6 Å². The van der Waals surface area contributed by atoms with Crippen LogP contribution in [-0.2, 0) is 0 Å². The summed E-state index contributed by atoms with van der Waals surface area (Å²) in [5, 5.41) is 6.98. The molecule has 1 amide bonds. The smallest absolute Gasteiger partial charge is 0.255 e. The molecule has 1 atom stereocenters. The number of carbonyl (C=O) groups excluding carboxylic acids is 1. The van der Waals surface area contributed by atoms with Crippen LogP contribution in [0.1, 0.15) is 23.7 Å². The number of hydrogen-bond acceptors (Lipinski definition) is 3. The molecule has 0 aromatic carbocycles. The van der Waals surface area contributed by atoms with Gasteiger partial charge in [0.2, 0.25) is 0 Å². The third-order valence-corrected chi connectivity index (χ3v) is 3.00. The molecule has 0 spiro atoms. The third kappa shape index (κ3) is 2.79. The zero-order valence-electron chi connectivity index (χ0n) is 10.1. The molecule has 18 heavy (non-hydrogen) atoms. The first-order chi connectivity index (χ1) is 8.72. The first kappa shape index (κ1) is 12.8. The van der Waals surface area contributed by atoms with Crippen LogP contribution in [0.15, 0.2) is 24.8 Å². The van der Waals surface area contributed by atoms with Crippen LogP contribution in [0.3, 0.4) is 0 Å². The van der Waals surface area contributed by atoms with Crippen LogP contribution in [0.5, 0.6) is 0 Å². The minimum absolute atomic E-state index is 0.126. The number of carbonyl (C=O) groups is 1. The largest absolute Gasteiger partial charge is 0.352 e. The minimum Gasteiger partial charge on any atom is -0.352 e. The zero-order valence-corrected chi connectivity index (χ0v) is 10.9. The molecule has 6 heteroatoms. The molecule has 1 N–H and O–H groups in total. The third-order valence-electron chi connectivity index (χ3n) is 2.78. The fraction of sp³-hybridized carbons (Fsp3) is 0.417. The Kier molecular flexibility index (Phi) is 4.15. The summed E-state index contributed by atoms with van der Waals surface area (Å²) in [7, 11) is 0. The lowest BCUT2D eigenvalue weighted by Gasteiger charge is -2.10. The summed E-state index contributed by atoms with van der Waals surface area (Å²) in [4.78, 5) is 16.0. The van der Waals surface area contributed by atoms with E-state index in [1.165, 1.54) is 0 Å². The molecule has 0 saturated carbocycles. The van der Waals surface area contributed by atoms with Gasteiger partial charge in [-0.15, -0.1) is 11.6 Å². The molecule has 5 nitrogen and oxygen atoms in total. The Balaban J connectivity index is 2.05. The lowest BCUT2D eigenvalue weighted by atomic mass is 10.1. The summed E-state index contributed by atoms with van der Waals surface area (Å²) in [6.45, 7) is 2.67. The average molecular weight is 267 g/mol. The Morgan fingerprint density at radius 2 is 2.39 bits per heavy atom. The number of hydrogen-bond donors (Lipinski definition) is 1. The molecule has 2 aromatic heterocycles. The molecule has 2 heterocycles. The molecule has 96 valence electrons. The first-order valence-electron chi connectivity index (χ1n) is 5.84. The van der Waals surface area contributed by atoms with Crippen molar-refractivity contribution in [1.82, 2.24) is 19.9 Å². The highest BCUT2D eigenvalue weighted by atomic mass is 35.5. The van der Waals surface area contributed by atoms with Crippen molar-refractivity contribution in [2.75, 3.05) is 12.4 Å². The Labute approximate surface area is 110 Å². The molecule has 0 bridgehead atoms. The SMILES string of the molecule is CC(CCCl)CNC(=O)c1cnn2ccncc12. The van der Waals surface area contributed by atoms with Crippen LogP contribution in [0.25, 0.3) is 5.52 Å². The van der Waals surface area contributed by atoms with Crippen molar-refractivity contribution in [3.8, 4) is 0 Å². The monoisotopic (exact) mass is 266 g/mol. The maximum Gasteiger partial charge on any atom is 0.255 e. The number of nitrogens with zero attached hydrogens (tertiary/aromatic N) is 3. The molecule has 0 aliphatic carbocycles. The summed E-state index contributed by atoms with van der Waals surface area (Å²) >= 11 is 5.66. The van der Waals surface area contributed by atoms with Gasteiger partial charge >= 0.3 is 0 Å². The highest BCUT2D eigenvalue weighted by Crippen LogP contribution is 2.09. The summed E-state index contributed by atoms with van der Waals surface area (Å²) in [5.74, 6) is 0.850. The van der Waals surface area contributed by atoms with E-state index in [-0.39, 0.29) is 5.91 Å². The number of fused-ring (bicyclic) bond motifs is 1. The van der Waals surface area contributed by atoms with Gasteiger partial charge in [0.05, 0.1) is 23.5 Å². The number of nitrogens with one attached hydrogen (secondary N) is 1. The standard InChI is InChI=1S/C12H15ClN4O/c1-9(2-3-13)6-15-12(18)10-7-16-17-5-4-14-8-11(10)17/h4-5,7-9H,2-3,6H2,1H3,(H,15,18). The second-order valence-electron chi connectivity index (χ2n) is 4.26. The summed E-state index contributed by atoms with van der Waals surface area (Å²) in [5.41, 5.74) is 1.25. The predicted octanol–water partition coefficient (Wildman–Crippen LogP) is 1.72. The van der Waals surface area contributed by atoms with Crippen molar-refractivity contribution < 1.29 is 4.79 Å². The predicted molar refractivity (Wildman–Crippen MR) is 69.8 cm³/mol. The van der Waals surface area contributed by atoms with Gasteiger partial charge in [0.15, 0.2) is 0 Å². The number of rotatable bonds is 5. The van der Waals surface area contributed by atoms with Crippen molar-refractivity contribution in [1.29, 1.82) is 0 Å². The van der Waals surface area contributed by atoms with Gasteiger partial charge in [0, 0.05) is 24.8 Å². The molecule has 0 saturated heterocycles. The highest BCUT2D eigenvalue weighted by Gasteiger charge is 2.13. The van der Waals surface area contributed by atoms with Gasteiger partial charge < -0.3 is 5.32 Å². The molecule has 0 aliphatic rings. The van der Waals surface area contributed by atoms with E-state index in [1.54, 1.807) is 29.3 Å². The van der Waals surface area contributed by atoms with Crippen molar-refractivity contribution in [2.24, 2.45) is 5.92 Å². The van der Waals surface area contributed by atoms with Crippen LogP contribution < -0.4 is 5.32 Å². The van der Waals surface area contributed by atoms with E-state index in [9.17, 15) is 4.79 Å². The van der Waals surface area contributed by atoms with Gasteiger partial charge in [-0.1, -0.05) is 6.92 Å². The van der Waals surface area contributed by atoms with Crippen LogP contribution in [0, 0.1) is 5.92 Å². The topological polar surface area (TPSA) is 59.3 Å². The average Bonchev–Trinajstić information content (AvgIpc) is 2.80. The van der Waals surface area contributed by atoms with Crippen LogP contribution in [0.4, 0.5) is 0 Å². The Morgan fingerprint density at radius 3 is 3.17 bits per heavy atom. The fourth-order valence-corrected chi connectivity index (χ4v) is 2.03. The number of alkyl halides is 1. The molecular formula is C12H15ClN4O. The molecular weight excluding hydrogens is 252 g/mol. The molecule has 0 fully saturated rings. The lowest BCUT2D eigenvalue weighted by molar-refractivity contribution is 0.0949. The fourth-order valence-electron chi connectivity index (χ4n) is 1.66. The normalized spacial score (nSPS) is 12.6. The van der Waals surface area contributed by atoms with E-state index < -0.39 is 0 Å². The van der Waals surface area contributed by atoms with Gasteiger partial charge in [-0.25, -0.2) is 4.52 Å². The van der Waals surface area contributed by atoms with Gasteiger partial charge in [-0.2, -0.15) is 5.10 Å². The second-order valence-corrected chi connectivity index (χ2v) is 4.64. The van der Waals surface area contributed by atoms with E-state index in [0.717, 1.165) is 6.42 Å². The van der Waals surface area contributed by atoms with Crippen LogP contribution in [-0.4, -0.2) is 32.9 Å². The van der Waals surface area contributed by atoms with E-state index in [0.29, 0.717) is 29.4 Å². The second kappa shape index (κ2) is 5.82. The minimum atomic E-state index is -0.126. The molecule has 2 aromatic rings. The number of halogens is 1. The Hall–Kier alpha value is -1.62. The lowest BCUT2D eigenvalue weighted by Crippen LogP contribution is -2.28. The summed E-state index contributed by atoms with van der Waals surface area (Å²) in [6, 6.07) is 0. The van der Waals surface area contributed by atoms with Gasteiger partial charge in [-0.05, 0) is 12.3 Å². The van der Waals surface area contributed by atoms with Crippen molar-refractivity contribution in [3.63, 3.8) is 0 Å². The summed E-state index contributed by atoms with van der Waals surface area (Å²) in [6.07, 6.45) is 7.41. The zero-order chi connectivity index (χ0) is 13.0.